The van der Waals surface area contributed by atoms with Crippen LogP contribution in [-0.2, 0) is 9.47 Å². The first-order valence-corrected chi connectivity index (χ1v) is 10.9. The van der Waals surface area contributed by atoms with Crippen molar-refractivity contribution < 1.29 is 33.6 Å². The van der Waals surface area contributed by atoms with Gasteiger partial charge < -0.3 is 28.8 Å². The van der Waals surface area contributed by atoms with E-state index in [4.69, 9.17) is 18.6 Å². The van der Waals surface area contributed by atoms with Crippen molar-refractivity contribution in [2.75, 3.05) is 40.2 Å². The van der Waals surface area contributed by atoms with Gasteiger partial charge in [0.2, 0.25) is 0 Å². The molecule has 176 valence electrons. The molecule has 0 amide bonds. The average molecular weight is 464 g/mol. The first-order valence-electron chi connectivity index (χ1n) is 10.9. The maximum absolute atomic E-state index is 12.8. The molecule has 1 saturated heterocycles. The molecule has 9 nitrogen and oxygen atoms in total. The number of morpholine rings is 1. The van der Waals surface area contributed by atoms with E-state index in [1.807, 2.05) is 12.1 Å². The number of carbonyl (C=O) groups excluding carboxylic acids is 1. The number of aromatic hydroxyl groups is 1. The van der Waals surface area contributed by atoms with Crippen LogP contribution >= 0.6 is 0 Å². The van der Waals surface area contributed by atoms with E-state index in [0.29, 0.717) is 59.4 Å². The van der Waals surface area contributed by atoms with Crippen LogP contribution in [0.25, 0.3) is 21.7 Å². The molecule has 5 rings (SSSR count). The van der Waals surface area contributed by atoms with Gasteiger partial charge in [-0.05, 0) is 35.9 Å². The zero-order valence-corrected chi connectivity index (χ0v) is 18.6. The van der Waals surface area contributed by atoms with E-state index in [9.17, 15) is 15.0 Å². The molecule has 0 spiro atoms. The van der Waals surface area contributed by atoms with Crippen LogP contribution in [0.4, 0.5) is 0 Å². The van der Waals surface area contributed by atoms with Gasteiger partial charge in [0, 0.05) is 47.2 Å². The van der Waals surface area contributed by atoms with Crippen molar-refractivity contribution in [3.05, 3.63) is 65.7 Å². The van der Waals surface area contributed by atoms with Gasteiger partial charge in [0.15, 0.2) is 6.79 Å². The Kier molecular flexibility index (Phi) is 6.06. The molecule has 4 aromatic rings. The van der Waals surface area contributed by atoms with Gasteiger partial charge in [-0.25, -0.2) is 4.79 Å². The second kappa shape index (κ2) is 9.30. The van der Waals surface area contributed by atoms with Gasteiger partial charge in [-0.1, -0.05) is 0 Å². The summed E-state index contributed by atoms with van der Waals surface area (Å²) >= 11 is 0. The standard InChI is InChI=1S/C25H24N2O7/c1-31-16-2-3-17-18(12-16)23(29)21(20-19(13-33-24(17)20)25(30)34-14-28)22(15-4-6-26-7-5-15)27-8-10-32-11-9-27/h2-7,12-13,22,28-29H,8-11,14H2,1H3. The van der Waals surface area contributed by atoms with E-state index in [1.54, 1.807) is 37.7 Å². The number of aliphatic hydroxyl groups excluding tert-OH is 1. The number of phenols is 1. The fraction of sp³-hybridized carbons (Fsp3) is 0.280. The highest BCUT2D eigenvalue weighted by molar-refractivity contribution is 6.16. The monoisotopic (exact) mass is 464 g/mol. The number of pyridine rings is 1. The SMILES string of the molecule is COc1ccc2c(c1)c(O)c(C(c1ccncc1)N1CCOCC1)c1c(C(=O)OCO)coc12. The Balaban J connectivity index is 1.87. The number of esters is 1. The number of hydrogen-bond acceptors (Lipinski definition) is 9. The smallest absolute Gasteiger partial charge is 0.344 e. The molecule has 1 unspecified atom stereocenters. The summed E-state index contributed by atoms with van der Waals surface area (Å²) in [4.78, 5) is 19.1. The summed E-state index contributed by atoms with van der Waals surface area (Å²) in [5, 5.41) is 22.5. The van der Waals surface area contributed by atoms with Crippen LogP contribution in [0, 0.1) is 0 Å². The molecule has 1 fully saturated rings. The Morgan fingerprint density at radius 1 is 1.18 bits per heavy atom. The van der Waals surface area contributed by atoms with Crippen molar-refractivity contribution in [2.24, 2.45) is 0 Å². The van der Waals surface area contributed by atoms with Crippen LogP contribution < -0.4 is 4.74 Å². The van der Waals surface area contributed by atoms with Crippen molar-refractivity contribution >= 4 is 27.7 Å². The third-order valence-corrected chi connectivity index (χ3v) is 6.16. The molecule has 9 heteroatoms. The molecule has 0 bridgehead atoms. The quantitative estimate of drug-likeness (QED) is 0.328. The minimum Gasteiger partial charge on any atom is -0.507 e. The predicted molar refractivity (Wildman–Crippen MR) is 123 cm³/mol. The number of ether oxygens (including phenoxy) is 3. The predicted octanol–water partition coefficient (Wildman–Crippen LogP) is 3.22. The Morgan fingerprint density at radius 2 is 1.94 bits per heavy atom. The van der Waals surface area contributed by atoms with Crippen LogP contribution in [-0.4, -0.2) is 66.3 Å². The van der Waals surface area contributed by atoms with E-state index >= 15 is 0 Å². The van der Waals surface area contributed by atoms with Crippen LogP contribution in [0.5, 0.6) is 11.5 Å². The van der Waals surface area contributed by atoms with Crippen LogP contribution in [0.3, 0.4) is 0 Å². The van der Waals surface area contributed by atoms with Crippen molar-refractivity contribution in [2.45, 2.75) is 6.04 Å². The largest absolute Gasteiger partial charge is 0.507 e. The van der Waals surface area contributed by atoms with E-state index in [0.717, 1.165) is 5.56 Å². The zero-order valence-electron chi connectivity index (χ0n) is 18.6. The maximum atomic E-state index is 12.8. The number of fused-ring (bicyclic) bond motifs is 3. The lowest BCUT2D eigenvalue weighted by molar-refractivity contribution is 0.00689. The third kappa shape index (κ3) is 3.73. The summed E-state index contributed by atoms with van der Waals surface area (Å²) in [6, 6.07) is 8.62. The Bertz CT molecular complexity index is 1330. The fourth-order valence-electron chi connectivity index (χ4n) is 4.63. The average Bonchev–Trinajstić information content (AvgIpc) is 3.32. The summed E-state index contributed by atoms with van der Waals surface area (Å²) in [5.74, 6) is -0.161. The van der Waals surface area contributed by atoms with Crippen molar-refractivity contribution in [1.82, 2.24) is 9.88 Å². The summed E-state index contributed by atoms with van der Waals surface area (Å²) in [5.41, 5.74) is 1.95. The normalized spacial score (nSPS) is 15.5. The van der Waals surface area contributed by atoms with Gasteiger partial charge >= 0.3 is 5.97 Å². The van der Waals surface area contributed by atoms with Gasteiger partial charge in [0.25, 0.3) is 0 Å². The molecular weight excluding hydrogens is 440 g/mol. The van der Waals surface area contributed by atoms with E-state index in [2.05, 4.69) is 9.88 Å². The molecule has 2 N–H and O–H groups in total. The molecule has 0 radical (unpaired) electrons. The number of furan rings is 1. The lowest BCUT2D eigenvalue weighted by Gasteiger charge is -2.36. The molecule has 1 atom stereocenters. The van der Waals surface area contributed by atoms with Crippen molar-refractivity contribution in [3.8, 4) is 11.5 Å². The van der Waals surface area contributed by atoms with E-state index < -0.39 is 18.8 Å². The number of carbonyl (C=O) groups is 1. The lowest BCUT2D eigenvalue weighted by atomic mass is 9.89. The number of methoxy groups -OCH3 is 1. The molecule has 1 aliphatic rings. The minimum absolute atomic E-state index is 0.00847. The molecule has 3 heterocycles. The maximum Gasteiger partial charge on any atom is 0.344 e. The lowest BCUT2D eigenvalue weighted by Crippen LogP contribution is -2.39. The number of hydrogen-bond donors (Lipinski definition) is 2. The molecule has 2 aromatic heterocycles. The van der Waals surface area contributed by atoms with Crippen LogP contribution in [0.15, 0.2) is 53.4 Å². The summed E-state index contributed by atoms with van der Waals surface area (Å²) < 4.78 is 21.7. The highest BCUT2D eigenvalue weighted by Gasteiger charge is 2.33. The van der Waals surface area contributed by atoms with E-state index in [1.165, 1.54) is 6.26 Å². The molecule has 1 aliphatic heterocycles. The first-order chi connectivity index (χ1) is 16.6. The molecular formula is C25H24N2O7. The second-order valence-corrected chi connectivity index (χ2v) is 7.92. The molecule has 0 aliphatic carbocycles. The van der Waals surface area contributed by atoms with Crippen molar-refractivity contribution in [3.63, 3.8) is 0 Å². The number of nitrogens with zero attached hydrogens (tertiary/aromatic N) is 2. The molecule has 34 heavy (non-hydrogen) atoms. The minimum atomic E-state index is -0.769. The number of phenolic OH excluding ortho intramolecular Hbond substituents is 1. The summed E-state index contributed by atoms with van der Waals surface area (Å²) in [6.07, 6.45) is 4.69. The fourth-order valence-corrected chi connectivity index (χ4v) is 4.63. The van der Waals surface area contributed by atoms with Gasteiger partial charge in [-0.3, -0.25) is 9.88 Å². The zero-order chi connectivity index (χ0) is 23.7. The summed E-state index contributed by atoms with van der Waals surface area (Å²) in [7, 11) is 1.56. The van der Waals surface area contributed by atoms with E-state index in [-0.39, 0.29) is 11.3 Å². The number of benzene rings is 2. The Morgan fingerprint density at radius 3 is 2.65 bits per heavy atom. The summed E-state index contributed by atoms with van der Waals surface area (Å²) in [6.45, 7) is 1.56. The number of aromatic nitrogens is 1. The second-order valence-electron chi connectivity index (χ2n) is 7.92. The highest BCUT2D eigenvalue weighted by atomic mass is 16.6. The van der Waals surface area contributed by atoms with Gasteiger partial charge in [-0.2, -0.15) is 0 Å². The number of rotatable bonds is 6. The third-order valence-electron chi connectivity index (χ3n) is 6.16. The Hall–Kier alpha value is -3.66. The molecule has 0 saturated carbocycles. The highest BCUT2D eigenvalue weighted by Crippen LogP contribution is 2.47. The van der Waals surface area contributed by atoms with Crippen molar-refractivity contribution in [1.29, 1.82) is 0 Å². The van der Waals surface area contributed by atoms with Crippen LogP contribution in [0.1, 0.15) is 27.5 Å². The first kappa shape index (κ1) is 22.1. The topological polar surface area (TPSA) is 114 Å². The molecule has 2 aromatic carbocycles. The van der Waals surface area contributed by atoms with Gasteiger partial charge in [0.1, 0.15) is 28.9 Å². The van der Waals surface area contributed by atoms with Gasteiger partial charge in [-0.15, -0.1) is 0 Å². The number of aliphatic hydroxyl groups is 1. The Labute approximate surface area is 195 Å². The van der Waals surface area contributed by atoms with Crippen LogP contribution in [0.2, 0.25) is 0 Å². The van der Waals surface area contributed by atoms with Gasteiger partial charge in [0.05, 0.1) is 26.4 Å².